The quantitative estimate of drug-likeness (QED) is 0.835. The van der Waals surface area contributed by atoms with E-state index in [4.69, 9.17) is 26.2 Å². The third-order valence-electron chi connectivity index (χ3n) is 3.84. The number of aromatic nitrogens is 1. The number of aryl methyl sites for hydroxylation is 1. The number of hydrogen-bond acceptors (Lipinski definition) is 6. The van der Waals surface area contributed by atoms with Gasteiger partial charge < -0.3 is 19.5 Å². The maximum atomic E-state index is 12.7. The van der Waals surface area contributed by atoms with Gasteiger partial charge in [0.1, 0.15) is 22.2 Å². The van der Waals surface area contributed by atoms with E-state index in [1.54, 1.807) is 31.2 Å². The van der Waals surface area contributed by atoms with Crippen LogP contribution in [0.5, 0.6) is 5.75 Å². The van der Waals surface area contributed by atoms with E-state index in [1.165, 1.54) is 16.2 Å². The molecule has 0 radical (unpaired) electrons. The van der Waals surface area contributed by atoms with Gasteiger partial charge in [-0.25, -0.2) is 9.78 Å². The molecule has 0 bridgehead atoms. The SMILES string of the molecule is Cc1nc(COc2ccc(Cl)cc2)sc1C(=O)N1CCO[C@@H](C(=O)O)C1. The van der Waals surface area contributed by atoms with Gasteiger partial charge in [-0.1, -0.05) is 11.6 Å². The molecule has 2 aromatic rings. The number of rotatable bonds is 5. The molecule has 1 aromatic heterocycles. The summed E-state index contributed by atoms with van der Waals surface area (Å²) in [7, 11) is 0. The van der Waals surface area contributed by atoms with Crippen LogP contribution < -0.4 is 4.74 Å². The van der Waals surface area contributed by atoms with E-state index < -0.39 is 12.1 Å². The summed E-state index contributed by atoms with van der Waals surface area (Å²) in [6.45, 7) is 2.58. The number of morpholine rings is 1. The molecule has 26 heavy (non-hydrogen) atoms. The second-order valence-corrected chi connectivity index (χ2v) is 7.23. The Hall–Kier alpha value is -2.16. The molecule has 1 saturated heterocycles. The lowest BCUT2D eigenvalue weighted by Gasteiger charge is -2.30. The van der Waals surface area contributed by atoms with Gasteiger partial charge in [0.2, 0.25) is 0 Å². The lowest BCUT2D eigenvalue weighted by Crippen LogP contribution is -2.48. The summed E-state index contributed by atoms with van der Waals surface area (Å²) in [4.78, 5) is 30.1. The predicted molar refractivity (Wildman–Crippen MR) is 95.9 cm³/mol. The molecule has 1 aromatic carbocycles. The lowest BCUT2D eigenvalue weighted by molar-refractivity contribution is -0.154. The number of carbonyl (C=O) groups is 2. The van der Waals surface area contributed by atoms with Crippen LogP contribution in [-0.2, 0) is 16.1 Å². The number of aliphatic carboxylic acids is 1. The number of carboxylic acid groups (broad SMARTS) is 1. The average Bonchev–Trinajstić information content (AvgIpc) is 3.01. The minimum atomic E-state index is -1.07. The smallest absolute Gasteiger partial charge is 0.334 e. The van der Waals surface area contributed by atoms with Gasteiger partial charge in [-0.3, -0.25) is 4.79 Å². The maximum absolute atomic E-state index is 12.7. The molecular weight excluding hydrogens is 380 g/mol. The number of ether oxygens (including phenoxy) is 2. The fourth-order valence-corrected chi connectivity index (χ4v) is 3.59. The number of thiazole rings is 1. The summed E-state index contributed by atoms with van der Waals surface area (Å²) in [5.74, 6) is -0.638. The van der Waals surface area contributed by atoms with Crippen molar-refractivity contribution < 1.29 is 24.2 Å². The Bertz CT molecular complexity index is 808. The van der Waals surface area contributed by atoms with E-state index in [9.17, 15) is 9.59 Å². The number of amides is 1. The maximum Gasteiger partial charge on any atom is 0.334 e. The van der Waals surface area contributed by atoms with Crippen molar-refractivity contribution in [2.75, 3.05) is 19.7 Å². The highest BCUT2D eigenvalue weighted by atomic mass is 35.5. The second-order valence-electron chi connectivity index (χ2n) is 5.71. The Morgan fingerprint density at radius 2 is 2.15 bits per heavy atom. The van der Waals surface area contributed by atoms with E-state index in [1.807, 2.05) is 0 Å². The molecule has 1 aliphatic rings. The molecule has 1 fully saturated rings. The third kappa shape index (κ3) is 4.32. The topological polar surface area (TPSA) is 89.0 Å². The summed E-state index contributed by atoms with van der Waals surface area (Å²) >= 11 is 7.09. The van der Waals surface area contributed by atoms with Crippen LogP contribution in [0.4, 0.5) is 0 Å². The fourth-order valence-electron chi connectivity index (χ4n) is 2.52. The monoisotopic (exact) mass is 396 g/mol. The van der Waals surface area contributed by atoms with Gasteiger partial charge in [0, 0.05) is 11.6 Å². The molecule has 0 spiro atoms. The third-order valence-corrected chi connectivity index (χ3v) is 5.21. The van der Waals surface area contributed by atoms with Gasteiger partial charge >= 0.3 is 5.97 Å². The average molecular weight is 397 g/mol. The van der Waals surface area contributed by atoms with Gasteiger partial charge in [-0.15, -0.1) is 11.3 Å². The van der Waals surface area contributed by atoms with Gasteiger partial charge in [-0.2, -0.15) is 0 Å². The normalized spacial score (nSPS) is 17.2. The van der Waals surface area contributed by atoms with E-state index >= 15 is 0 Å². The molecule has 3 rings (SSSR count). The van der Waals surface area contributed by atoms with Gasteiger partial charge in [0.25, 0.3) is 5.91 Å². The van der Waals surface area contributed by atoms with E-state index in [0.29, 0.717) is 32.9 Å². The Morgan fingerprint density at radius 1 is 1.42 bits per heavy atom. The molecule has 0 saturated carbocycles. The summed E-state index contributed by atoms with van der Waals surface area (Å²) in [5, 5.41) is 10.4. The van der Waals surface area contributed by atoms with Crippen LogP contribution in [-0.4, -0.2) is 52.7 Å². The molecule has 9 heteroatoms. The van der Waals surface area contributed by atoms with Crippen LogP contribution in [0.1, 0.15) is 20.4 Å². The number of carboxylic acids is 1. The molecular formula is C17H17ClN2O5S. The van der Waals surface area contributed by atoms with E-state index in [0.717, 1.165) is 0 Å². The van der Waals surface area contributed by atoms with Crippen molar-refractivity contribution in [1.82, 2.24) is 9.88 Å². The molecule has 1 atom stereocenters. The van der Waals surface area contributed by atoms with Crippen LogP contribution in [0.2, 0.25) is 5.02 Å². The van der Waals surface area contributed by atoms with E-state index in [2.05, 4.69) is 4.98 Å². The Kier molecular flexibility index (Phi) is 5.75. The van der Waals surface area contributed by atoms with Crippen molar-refractivity contribution in [3.05, 3.63) is 44.9 Å². The molecule has 0 unspecified atom stereocenters. The zero-order valence-electron chi connectivity index (χ0n) is 14.0. The minimum Gasteiger partial charge on any atom is -0.486 e. The Balaban J connectivity index is 1.66. The summed E-state index contributed by atoms with van der Waals surface area (Å²) in [5.41, 5.74) is 0.605. The van der Waals surface area contributed by atoms with Crippen molar-refractivity contribution in [3.63, 3.8) is 0 Å². The van der Waals surface area contributed by atoms with Crippen LogP contribution in [0, 0.1) is 6.92 Å². The molecule has 138 valence electrons. The summed E-state index contributed by atoms with van der Waals surface area (Å²) in [6, 6.07) is 6.98. The van der Waals surface area contributed by atoms with E-state index in [-0.39, 0.29) is 25.7 Å². The first-order valence-corrected chi connectivity index (χ1v) is 9.12. The van der Waals surface area contributed by atoms with Crippen molar-refractivity contribution in [2.24, 2.45) is 0 Å². The number of nitrogens with zero attached hydrogens (tertiary/aromatic N) is 2. The number of hydrogen-bond donors (Lipinski definition) is 1. The first-order valence-electron chi connectivity index (χ1n) is 7.92. The molecule has 2 heterocycles. The molecule has 0 aliphatic carbocycles. The van der Waals surface area contributed by atoms with Crippen molar-refractivity contribution in [1.29, 1.82) is 0 Å². The minimum absolute atomic E-state index is 0.0299. The second kappa shape index (κ2) is 8.03. The predicted octanol–water partition coefficient (Wildman–Crippen LogP) is 2.61. The highest BCUT2D eigenvalue weighted by molar-refractivity contribution is 7.13. The van der Waals surface area contributed by atoms with Crippen LogP contribution in [0.25, 0.3) is 0 Å². The number of carbonyl (C=O) groups excluding carboxylic acids is 1. The van der Waals surface area contributed by atoms with Crippen molar-refractivity contribution in [2.45, 2.75) is 19.6 Å². The number of benzene rings is 1. The van der Waals surface area contributed by atoms with Crippen molar-refractivity contribution >= 4 is 34.8 Å². The molecule has 1 aliphatic heterocycles. The zero-order valence-corrected chi connectivity index (χ0v) is 15.5. The zero-order chi connectivity index (χ0) is 18.7. The standard InChI is InChI=1S/C17H17ClN2O5S/c1-10-15(16(21)20-6-7-24-13(8-20)17(22)23)26-14(19-10)9-25-12-4-2-11(18)3-5-12/h2-5,13H,6-9H2,1H3,(H,22,23)/t13-/m1/s1. The molecule has 1 amide bonds. The lowest BCUT2D eigenvalue weighted by atomic mass is 10.2. The first-order chi connectivity index (χ1) is 12.4. The summed E-state index contributed by atoms with van der Waals surface area (Å²) in [6.07, 6.45) is -0.992. The highest BCUT2D eigenvalue weighted by Crippen LogP contribution is 2.23. The van der Waals surface area contributed by atoms with Crippen LogP contribution >= 0.6 is 22.9 Å². The van der Waals surface area contributed by atoms with Crippen molar-refractivity contribution in [3.8, 4) is 5.75 Å². The Labute approximate surface area is 159 Å². The van der Waals surface area contributed by atoms with Crippen LogP contribution in [0.3, 0.4) is 0 Å². The summed E-state index contributed by atoms with van der Waals surface area (Å²) < 4.78 is 10.8. The fraction of sp³-hybridized carbons (Fsp3) is 0.353. The van der Waals surface area contributed by atoms with Gasteiger partial charge in [0.05, 0.1) is 18.8 Å². The highest BCUT2D eigenvalue weighted by Gasteiger charge is 2.31. The molecule has 7 nitrogen and oxygen atoms in total. The van der Waals surface area contributed by atoms with Crippen LogP contribution in [0.15, 0.2) is 24.3 Å². The molecule has 1 N–H and O–H groups in total. The van der Waals surface area contributed by atoms with Gasteiger partial charge in [-0.05, 0) is 31.2 Å². The first kappa shape index (κ1) is 18.6. The largest absolute Gasteiger partial charge is 0.486 e. The van der Waals surface area contributed by atoms with Gasteiger partial charge in [0.15, 0.2) is 6.10 Å². The number of halogens is 1. The Morgan fingerprint density at radius 3 is 2.85 bits per heavy atom.